The van der Waals surface area contributed by atoms with E-state index in [1.54, 1.807) is 4.68 Å². The van der Waals surface area contributed by atoms with Crippen LogP contribution in [0.2, 0.25) is 0 Å². The van der Waals surface area contributed by atoms with E-state index in [2.05, 4.69) is 15.4 Å². The second kappa shape index (κ2) is 7.59. The summed E-state index contributed by atoms with van der Waals surface area (Å²) in [5.74, 6) is -0.00178. The normalized spacial score (nSPS) is 16.2. The molecule has 1 saturated heterocycles. The zero-order valence-electron chi connectivity index (χ0n) is 16.7. The fourth-order valence-corrected chi connectivity index (χ4v) is 3.92. The molecule has 0 saturated carbocycles. The number of likely N-dealkylation sites (tertiary alicyclic amines) is 1. The highest BCUT2D eigenvalue weighted by Gasteiger charge is 2.30. The quantitative estimate of drug-likeness (QED) is 0.528. The summed E-state index contributed by atoms with van der Waals surface area (Å²) in [6, 6.07) is 21.9. The number of hydrogen-bond donors (Lipinski definition) is 0. The molecule has 1 fully saturated rings. The summed E-state index contributed by atoms with van der Waals surface area (Å²) in [5.41, 5.74) is 4.29. The van der Waals surface area contributed by atoms with Crippen LogP contribution in [0.25, 0.3) is 22.5 Å². The molecule has 1 aliphatic rings. The Balaban J connectivity index is 1.31. The van der Waals surface area contributed by atoms with Crippen molar-refractivity contribution in [2.24, 2.45) is 7.05 Å². The van der Waals surface area contributed by atoms with E-state index >= 15 is 0 Å². The van der Waals surface area contributed by atoms with Gasteiger partial charge < -0.3 is 4.90 Å². The van der Waals surface area contributed by atoms with Crippen LogP contribution in [0.3, 0.4) is 0 Å². The van der Waals surface area contributed by atoms with Gasteiger partial charge in [0.25, 0.3) is 5.91 Å². The van der Waals surface area contributed by atoms with Crippen LogP contribution in [0.5, 0.6) is 0 Å². The Bertz CT molecular complexity index is 1160. The van der Waals surface area contributed by atoms with Crippen LogP contribution in [-0.2, 0) is 7.05 Å². The lowest BCUT2D eigenvalue weighted by Crippen LogP contribution is -2.30. The van der Waals surface area contributed by atoms with Gasteiger partial charge in [0.05, 0.1) is 17.9 Å². The number of nitrogens with zero attached hydrogens (tertiary/aromatic N) is 6. The Kier molecular flexibility index (Phi) is 4.63. The molecule has 0 bridgehead atoms. The molecule has 5 rings (SSSR count). The average Bonchev–Trinajstić information content (AvgIpc) is 3.54. The van der Waals surface area contributed by atoms with Crippen LogP contribution in [0.15, 0.2) is 72.9 Å². The van der Waals surface area contributed by atoms with Crippen LogP contribution in [-0.4, -0.2) is 48.7 Å². The average molecular weight is 398 g/mol. The zero-order valence-corrected chi connectivity index (χ0v) is 16.7. The molecule has 4 aromatic rings. The van der Waals surface area contributed by atoms with Gasteiger partial charge in [-0.05, 0) is 12.5 Å². The summed E-state index contributed by atoms with van der Waals surface area (Å²) in [4.78, 5) is 15.0. The Hall–Kier alpha value is -3.74. The number of benzene rings is 2. The fraction of sp³-hybridized carbons (Fsp3) is 0.217. The van der Waals surface area contributed by atoms with E-state index in [9.17, 15) is 4.79 Å². The summed E-state index contributed by atoms with van der Waals surface area (Å²) in [6.07, 6.45) is 2.82. The Morgan fingerprint density at radius 2 is 1.63 bits per heavy atom. The van der Waals surface area contributed by atoms with Gasteiger partial charge in [0.2, 0.25) is 0 Å². The molecular weight excluding hydrogens is 376 g/mol. The summed E-state index contributed by atoms with van der Waals surface area (Å²) in [7, 11) is 1.82. The zero-order chi connectivity index (χ0) is 20.5. The third kappa shape index (κ3) is 3.39. The maximum Gasteiger partial charge on any atom is 0.272 e. The van der Waals surface area contributed by atoms with Gasteiger partial charge >= 0.3 is 0 Å². The van der Waals surface area contributed by atoms with Crippen LogP contribution >= 0.6 is 0 Å². The second-order valence-corrected chi connectivity index (χ2v) is 7.55. The number of hydrogen-bond acceptors (Lipinski definition) is 4. The van der Waals surface area contributed by atoms with Gasteiger partial charge in [0.15, 0.2) is 0 Å². The van der Waals surface area contributed by atoms with Gasteiger partial charge in [0.1, 0.15) is 11.4 Å². The van der Waals surface area contributed by atoms with Crippen molar-refractivity contribution < 1.29 is 4.79 Å². The Morgan fingerprint density at radius 3 is 2.33 bits per heavy atom. The Labute approximate surface area is 174 Å². The molecule has 1 aliphatic heterocycles. The van der Waals surface area contributed by atoms with Gasteiger partial charge in [0, 0.05) is 31.3 Å². The first-order valence-corrected chi connectivity index (χ1v) is 10.0. The number of aromatic nitrogens is 5. The molecule has 30 heavy (non-hydrogen) atoms. The number of amides is 1. The number of carbonyl (C=O) groups excluding carboxylic acids is 1. The molecule has 2 aromatic heterocycles. The largest absolute Gasteiger partial charge is 0.335 e. The lowest BCUT2D eigenvalue weighted by Gasteiger charge is -2.16. The van der Waals surface area contributed by atoms with Crippen molar-refractivity contribution in [1.29, 1.82) is 0 Å². The van der Waals surface area contributed by atoms with Crippen molar-refractivity contribution in [1.82, 2.24) is 29.7 Å². The highest BCUT2D eigenvalue weighted by molar-refractivity contribution is 5.94. The van der Waals surface area contributed by atoms with Crippen molar-refractivity contribution >= 4 is 5.91 Å². The fourth-order valence-electron chi connectivity index (χ4n) is 3.92. The first-order valence-electron chi connectivity index (χ1n) is 10.0. The van der Waals surface area contributed by atoms with Crippen molar-refractivity contribution in [2.75, 3.05) is 13.1 Å². The molecule has 1 amide bonds. The van der Waals surface area contributed by atoms with Gasteiger partial charge in [-0.3, -0.25) is 9.48 Å². The van der Waals surface area contributed by atoms with Crippen molar-refractivity contribution in [3.8, 4) is 22.5 Å². The monoisotopic (exact) mass is 398 g/mol. The molecule has 3 heterocycles. The molecule has 0 aliphatic carbocycles. The second-order valence-electron chi connectivity index (χ2n) is 7.55. The van der Waals surface area contributed by atoms with Crippen molar-refractivity contribution in [3.05, 3.63) is 78.6 Å². The minimum Gasteiger partial charge on any atom is -0.335 e. The molecule has 1 atom stereocenters. The van der Waals surface area contributed by atoms with Gasteiger partial charge in [-0.25, -0.2) is 4.68 Å². The van der Waals surface area contributed by atoms with Crippen molar-refractivity contribution in [2.45, 2.75) is 12.5 Å². The van der Waals surface area contributed by atoms with Crippen LogP contribution in [0.1, 0.15) is 23.0 Å². The Morgan fingerprint density at radius 1 is 0.967 bits per heavy atom. The first kappa shape index (κ1) is 18.3. The molecule has 2 aromatic carbocycles. The third-order valence-electron chi connectivity index (χ3n) is 5.57. The van der Waals surface area contributed by atoms with Crippen LogP contribution in [0, 0.1) is 0 Å². The summed E-state index contributed by atoms with van der Waals surface area (Å²) >= 11 is 0. The summed E-state index contributed by atoms with van der Waals surface area (Å²) in [6.45, 7) is 1.30. The molecular formula is C23H22N6O. The van der Waals surface area contributed by atoms with Crippen molar-refractivity contribution in [3.63, 3.8) is 0 Å². The smallest absolute Gasteiger partial charge is 0.272 e. The number of aryl methyl sites for hydroxylation is 1. The summed E-state index contributed by atoms with van der Waals surface area (Å²) < 4.78 is 3.55. The minimum absolute atomic E-state index is 0.00178. The number of rotatable bonds is 4. The van der Waals surface area contributed by atoms with E-state index in [1.807, 2.05) is 89.6 Å². The lowest BCUT2D eigenvalue weighted by molar-refractivity contribution is 0.0776. The van der Waals surface area contributed by atoms with Crippen LogP contribution in [0.4, 0.5) is 0 Å². The minimum atomic E-state index is -0.00178. The van der Waals surface area contributed by atoms with Crippen LogP contribution < -0.4 is 0 Å². The molecule has 1 unspecified atom stereocenters. The highest BCUT2D eigenvalue weighted by atomic mass is 16.2. The molecule has 0 spiro atoms. The predicted octanol–water partition coefficient (Wildman–Crippen LogP) is 3.43. The predicted molar refractivity (Wildman–Crippen MR) is 114 cm³/mol. The van der Waals surface area contributed by atoms with E-state index in [4.69, 9.17) is 0 Å². The van der Waals surface area contributed by atoms with E-state index < -0.39 is 0 Å². The topological polar surface area (TPSA) is 68.8 Å². The number of carbonyl (C=O) groups is 1. The third-order valence-corrected chi connectivity index (χ3v) is 5.57. The molecule has 0 radical (unpaired) electrons. The molecule has 7 nitrogen and oxygen atoms in total. The summed E-state index contributed by atoms with van der Waals surface area (Å²) in [5, 5.41) is 13.1. The molecule has 150 valence electrons. The highest BCUT2D eigenvalue weighted by Crippen LogP contribution is 2.26. The van der Waals surface area contributed by atoms with Gasteiger partial charge in [-0.1, -0.05) is 65.9 Å². The van der Waals surface area contributed by atoms with E-state index in [0.29, 0.717) is 18.8 Å². The molecule has 7 heteroatoms. The maximum absolute atomic E-state index is 13.1. The van der Waals surface area contributed by atoms with E-state index in [1.165, 1.54) is 0 Å². The standard InChI is InChI=1S/C23H22N6O/c1-27-22(14-20(25-27)17-8-4-2-5-9-17)23(30)28-13-12-19(15-28)29-16-21(24-26-29)18-10-6-3-7-11-18/h2-11,14,16,19H,12-13,15H2,1H3. The lowest BCUT2D eigenvalue weighted by atomic mass is 10.1. The van der Waals surface area contributed by atoms with E-state index in [-0.39, 0.29) is 11.9 Å². The maximum atomic E-state index is 13.1. The molecule has 0 N–H and O–H groups in total. The first-order chi connectivity index (χ1) is 14.7. The van der Waals surface area contributed by atoms with Gasteiger partial charge in [-0.15, -0.1) is 5.10 Å². The van der Waals surface area contributed by atoms with E-state index in [0.717, 1.165) is 28.9 Å². The SMILES string of the molecule is Cn1nc(-c2ccccc2)cc1C(=O)N1CCC(n2cc(-c3ccccc3)nn2)C1. The van der Waals surface area contributed by atoms with Gasteiger partial charge in [-0.2, -0.15) is 5.10 Å².